The smallest absolute Gasteiger partial charge is 0.338 e. The molecular formula is C23H29N3O6S. The fraction of sp³-hybridized carbons (Fsp3) is 0.565. The summed E-state index contributed by atoms with van der Waals surface area (Å²) in [5.41, 5.74) is 0.539. The zero-order valence-electron chi connectivity index (χ0n) is 19.0. The molecule has 2 aliphatic rings. The Balaban J connectivity index is 1.52. The molecule has 33 heavy (non-hydrogen) atoms. The van der Waals surface area contributed by atoms with Gasteiger partial charge in [-0.2, -0.15) is 0 Å². The standard InChI is InChI=1S/C23H29N3O6S/c1-3-25(17-10-12-33(30,31)14-17)21(27)15(2)32-23(29)16-8-9-18-19(13-16)24-20-7-5-4-6-11-26(20)22(18)28/h8-9,13,15,17H,3-7,10-12,14H2,1-2H3/t15-,17+/m0/s1. The molecule has 2 aliphatic heterocycles. The van der Waals surface area contributed by atoms with Gasteiger partial charge in [0.15, 0.2) is 15.9 Å². The molecule has 178 valence electrons. The first kappa shape index (κ1) is 23.4. The third-order valence-corrected chi connectivity index (χ3v) is 8.21. The molecule has 1 aromatic carbocycles. The number of rotatable bonds is 5. The van der Waals surface area contributed by atoms with Gasteiger partial charge in [-0.1, -0.05) is 6.42 Å². The Morgan fingerprint density at radius 1 is 1.27 bits per heavy atom. The maximum Gasteiger partial charge on any atom is 0.338 e. The van der Waals surface area contributed by atoms with Gasteiger partial charge < -0.3 is 9.64 Å². The highest BCUT2D eigenvalue weighted by Gasteiger charge is 2.36. The van der Waals surface area contributed by atoms with E-state index in [1.807, 2.05) is 0 Å². The van der Waals surface area contributed by atoms with Gasteiger partial charge >= 0.3 is 5.97 Å². The zero-order chi connectivity index (χ0) is 23.8. The molecule has 1 aromatic heterocycles. The van der Waals surface area contributed by atoms with Crippen LogP contribution in [0.2, 0.25) is 0 Å². The first-order chi connectivity index (χ1) is 15.7. The fourth-order valence-corrected chi connectivity index (χ4v) is 6.40. The first-order valence-electron chi connectivity index (χ1n) is 11.5. The van der Waals surface area contributed by atoms with Crippen molar-refractivity contribution < 1.29 is 22.7 Å². The molecule has 1 amide bonds. The average Bonchev–Trinajstić information content (AvgIpc) is 2.98. The lowest BCUT2D eigenvalue weighted by atomic mass is 10.1. The maximum absolute atomic E-state index is 12.9. The molecule has 0 aliphatic carbocycles. The number of carbonyl (C=O) groups is 2. The molecule has 0 bridgehead atoms. The molecule has 1 fully saturated rings. The maximum atomic E-state index is 12.9. The molecule has 3 heterocycles. The minimum Gasteiger partial charge on any atom is -0.449 e. The Hall–Kier alpha value is -2.75. The van der Waals surface area contributed by atoms with Gasteiger partial charge in [0.2, 0.25) is 0 Å². The SMILES string of the molecule is CCN(C(=O)[C@H](C)OC(=O)c1ccc2c(=O)n3c(nc2c1)CCCCC3)[C@@H]1CCS(=O)(=O)C1. The second-order valence-corrected chi connectivity index (χ2v) is 11.0. The molecule has 2 aromatic rings. The summed E-state index contributed by atoms with van der Waals surface area (Å²) in [5.74, 6) is -0.392. The molecule has 1 saturated heterocycles. The summed E-state index contributed by atoms with van der Waals surface area (Å²) in [6.07, 6.45) is 2.99. The van der Waals surface area contributed by atoms with E-state index in [1.54, 1.807) is 17.6 Å². The highest BCUT2D eigenvalue weighted by Crippen LogP contribution is 2.20. The van der Waals surface area contributed by atoms with E-state index in [4.69, 9.17) is 4.74 Å². The van der Waals surface area contributed by atoms with Gasteiger partial charge in [-0.05, 0) is 51.3 Å². The number of hydrogen-bond donors (Lipinski definition) is 0. The number of benzene rings is 1. The van der Waals surface area contributed by atoms with Crippen LogP contribution in [0, 0.1) is 0 Å². The van der Waals surface area contributed by atoms with E-state index in [1.165, 1.54) is 24.0 Å². The Kier molecular flexibility index (Phi) is 6.56. The van der Waals surface area contributed by atoms with Crippen molar-refractivity contribution in [2.45, 2.75) is 64.6 Å². The molecule has 0 saturated carbocycles. The van der Waals surface area contributed by atoms with Crippen molar-refractivity contribution >= 4 is 32.6 Å². The first-order valence-corrected chi connectivity index (χ1v) is 13.3. The van der Waals surface area contributed by atoms with Crippen LogP contribution in [-0.4, -0.2) is 64.9 Å². The van der Waals surface area contributed by atoms with Crippen molar-refractivity contribution in [3.05, 3.63) is 39.9 Å². The van der Waals surface area contributed by atoms with E-state index in [-0.39, 0.29) is 22.6 Å². The van der Waals surface area contributed by atoms with Crippen LogP contribution >= 0.6 is 0 Å². The molecule has 4 rings (SSSR count). The average molecular weight is 476 g/mol. The van der Waals surface area contributed by atoms with Crippen LogP contribution in [0.15, 0.2) is 23.0 Å². The molecule has 0 radical (unpaired) electrons. The van der Waals surface area contributed by atoms with Crippen molar-refractivity contribution in [2.75, 3.05) is 18.1 Å². The van der Waals surface area contributed by atoms with Crippen LogP contribution in [0.4, 0.5) is 0 Å². The van der Waals surface area contributed by atoms with Gasteiger partial charge in [0.25, 0.3) is 11.5 Å². The topological polar surface area (TPSA) is 116 Å². The second-order valence-electron chi connectivity index (χ2n) is 8.76. The molecular weight excluding hydrogens is 446 g/mol. The van der Waals surface area contributed by atoms with Crippen LogP contribution in [0.1, 0.15) is 55.7 Å². The van der Waals surface area contributed by atoms with Gasteiger partial charge in [-0.25, -0.2) is 18.2 Å². The molecule has 0 spiro atoms. The number of sulfone groups is 1. The minimum atomic E-state index is -3.15. The number of carbonyl (C=O) groups excluding carboxylic acids is 2. The Morgan fingerprint density at radius 3 is 2.76 bits per heavy atom. The number of aryl methyl sites for hydroxylation is 1. The number of hydrogen-bond acceptors (Lipinski definition) is 7. The van der Waals surface area contributed by atoms with E-state index in [2.05, 4.69) is 4.98 Å². The van der Waals surface area contributed by atoms with Gasteiger partial charge in [-0.3, -0.25) is 14.2 Å². The van der Waals surface area contributed by atoms with Crippen LogP contribution < -0.4 is 5.56 Å². The van der Waals surface area contributed by atoms with Crippen LogP contribution in [0.5, 0.6) is 0 Å². The lowest BCUT2D eigenvalue weighted by Gasteiger charge is -2.29. The van der Waals surface area contributed by atoms with Crippen molar-refractivity contribution in [1.82, 2.24) is 14.5 Å². The van der Waals surface area contributed by atoms with Gasteiger partial charge in [0.05, 0.1) is 28.0 Å². The van der Waals surface area contributed by atoms with Gasteiger partial charge in [-0.15, -0.1) is 0 Å². The molecule has 10 heteroatoms. The van der Waals surface area contributed by atoms with E-state index in [0.717, 1.165) is 31.5 Å². The molecule has 0 unspecified atom stereocenters. The van der Waals surface area contributed by atoms with E-state index < -0.39 is 33.9 Å². The van der Waals surface area contributed by atoms with Crippen LogP contribution in [-0.2, 0) is 32.3 Å². The minimum absolute atomic E-state index is 0.0589. The summed E-state index contributed by atoms with van der Waals surface area (Å²) in [5, 5.41) is 0.445. The largest absolute Gasteiger partial charge is 0.449 e. The highest BCUT2D eigenvalue weighted by atomic mass is 32.2. The van der Waals surface area contributed by atoms with E-state index >= 15 is 0 Å². The summed E-state index contributed by atoms with van der Waals surface area (Å²) in [6.45, 7) is 4.23. The number of ether oxygens (including phenoxy) is 1. The fourth-order valence-electron chi connectivity index (χ4n) is 4.67. The number of fused-ring (bicyclic) bond motifs is 2. The summed E-state index contributed by atoms with van der Waals surface area (Å²) in [7, 11) is -3.15. The number of aromatic nitrogens is 2. The zero-order valence-corrected chi connectivity index (χ0v) is 19.8. The van der Waals surface area contributed by atoms with Crippen LogP contribution in [0.3, 0.4) is 0 Å². The summed E-state index contributed by atoms with van der Waals surface area (Å²) >= 11 is 0. The second kappa shape index (κ2) is 9.24. The number of amides is 1. The Bertz CT molecular complexity index is 1250. The molecule has 0 N–H and O–H groups in total. The summed E-state index contributed by atoms with van der Waals surface area (Å²) < 4.78 is 30.7. The third kappa shape index (κ3) is 4.80. The highest BCUT2D eigenvalue weighted by molar-refractivity contribution is 7.91. The monoisotopic (exact) mass is 475 g/mol. The van der Waals surface area contributed by atoms with Crippen molar-refractivity contribution in [1.29, 1.82) is 0 Å². The number of likely N-dealkylation sites (N-methyl/N-ethyl adjacent to an activating group) is 1. The summed E-state index contributed by atoms with van der Waals surface area (Å²) in [4.78, 5) is 44.6. The predicted octanol–water partition coefficient (Wildman–Crippen LogP) is 1.70. The van der Waals surface area contributed by atoms with E-state index in [9.17, 15) is 22.8 Å². The lowest BCUT2D eigenvalue weighted by molar-refractivity contribution is -0.141. The van der Waals surface area contributed by atoms with Crippen LogP contribution in [0.25, 0.3) is 10.9 Å². The molecule has 9 nitrogen and oxygen atoms in total. The molecule has 2 atom stereocenters. The third-order valence-electron chi connectivity index (χ3n) is 6.46. The predicted molar refractivity (Wildman–Crippen MR) is 123 cm³/mol. The van der Waals surface area contributed by atoms with Crippen molar-refractivity contribution in [3.8, 4) is 0 Å². The normalized spacial score (nSPS) is 20.6. The number of esters is 1. The Morgan fingerprint density at radius 2 is 2.06 bits per heavy atom. The lowest BCUT2D eigenvalue weighted by Crippen LogP contribution is -2.46. The van der Waals surface area contributed by atoms with Crippen molar-refractivity contribution in [2.24, 2.45) is 0 Å². The number of nitrogens with zero attached hydrogens (tertiary/aromatic N) is 3. The quantitative estimate of drug-likeness (QED) is 0.605. The van der Waals surface area contributed by atoms with Crippen molar-refractivity contribution in [3.63, 3.8) is 0 Å². The van der Waals surface area contributed by atoms with E-state index in [0.29, 0.717) is 30.4 Å². The van der Waals surface area contributed by atoms with Gasteiger partial charge in [0, 0.05) is 25.6 Å². The van der Waals surface area contributed by atoms with Gasteiger partial charge in [0.1, 0.15) is 5.82 Å². The summed E-state index contributed by atoms with van der Waals surface area (Å²) in [6, 6.07) is 4.22. The Labute approximate surface area is 192 Å².